The summed E-state index contributed by atoms with van der Waals surface area (Å²) in [6.07, 6.45) is 7.18. The smallest absolute Gasteiger partial charge is 0.373 e. The Balaban J connectivity index is 0.00000217. The van der Waals surface area contributed by atoms with Gasteiger partial charge in [-0.2, -0.15) is 9.59 Å². The predicted octanol–water partition coefficient (Wildman–Crippen LogP) is 7.37. The molecule has 1 fully saturated rings. The van der Waals surface area contributed by atoms with Gasteiger partial charge in [0, 0.05) is 10.3 Å². The van der Waals surface area contributed by atoms with Crippen molar-refractivity contribution in [3.8, 4) is 0 Å². The summed E-state index contributed by atoms with van der Waals surface area (Å²) in [7, 11) is 0. The van der Waals surface area contributed by atoms with Crippen molar-refractivity contribution in [2.45, 2.75) is 118 Å². The lowest BCUT2D eigenvalue weighted by atomic mass is 9.72. The molecule has 0 bridgehead atoms. The molecule has 37 heavy (non-hydrogen) atoms. The zero-order valence-electron chi connectivity index (χ0n) is 24.0. The summed E-state index contributed by atoms with van der Waals surface area (Å²) in [6, 6.07) is -0.212. The molecule has 0 aromatic carbocycles. The second-order valence-electron chi connectivity index (χ2n) is 11.7. The number of aromatic nitrogens is 1. The van der Waals surface area contributed by atoms with Crippen LogP contribution in [0.25, 0.3) is 16.5 Å². The van der Waals surface area contributed by atoms with Crippen molar-refractivity contribution in [3.05, 3.63) is 32.1 Å². The molecule has 0 radical (unpaired) electrons. The third kappa shape index (κ3) is 10.7. The number of epoxide rings is 1. The van der Waals surface area contributed by atoms with Crippen LogP contribution >= 0.6 is 11.3 Å². The fourth-order valence-electron chi connectivity index (χ4n) is 4.96. The number of aryl methyl sites for hydroxylation is 1. The first-order valence-corrected chi connectivity index (χ1v) is 14.1. The molecule has 1 aromatic heterocycles. The summed E-state index contributed by atoms with van der Waals surface area (Å²) < 4.78 is 6.12. The Kier molecular flexibility index (Phi) is 13.2. The van der Waals surface area contributed by atoms with Gasteiger partial charge in [0.2, 0.25) is 0 Å². The maximum Gasteiger partial charge on any atom is 0.373 e. The maximum absolute atomic E-state index is 10.1. The first kappa shape index (κ1) is 33.0. The fourth-order valence-corrected chi connectivity index (χ4v) is 5.53. The Bertz CT molecular complexity index is 963. The van der Waals surface area contributed by atoms with Gasteiger partial charge >= 0.3 is 6.15 Å². The molecule has 7 atom stereocenters. The van der Waals surface area contributed by atoms with Crippen molar-refractivity contribution in [2.75, 3.05) is 0 Å². The van der Waals surface area contributed by atoms with E-state index < -0.39 is 0 Å². The summed E-state index contributed by atoms with van der Waals surface area (Å²) in [5, 5.41) is 17.2. The van der Waals surface area contributed by atoms with E-state index in [1.165, 1.54) is 6.42 Å². The second-order valence-corrected chi connectivity index (χ2v) is 12.8. The molecule has 0 aliphatic carbocycles. The number of hydrogen-bond acceptors (Lipinski definition) is 7. The lowest BCUT2D eigenvalue weighted by Crippen LogP contribution is -2.31. The van der Waals surface area contributed by atoms with Gasteiger partial charge in [0.1, 0.15) is 0 Å². The van der Waals surface area contributed by atoms with Crippen LogP contribution in [0.4, 0.5) is 0 Å². The van der Waals surface area contributed by atoms with Gasteiger partial charge in [-0.15, -0.1) is 11.3 Å². The summed E-state index contributed by atoms with van der Waals surface area (Å²) in [4.78, 5) is 23.8. The molecule has 0 amide bonds. The van der Waals surface area contributed by atoms with Gasteiger partial charge in [0.05, 0.1) is 34.6 Å². The average molecular weight is 535 g/mol. The fraction of sp³-hybridized carbons (Fsp3) is 0.786. The van der Waals surface area contributed by atoms with Crippen molar-refractivity contribution >= 4 is 23.6 Å². The summed E-state index contributed by atoms with van der Waals surface area (Å²) in [5.74, 6) is 1.81. The van der Waals surface area contributed by atoms with Crippen molar-refractivity contribution in [3.63, 3.8) is 0 Å². The number of thiazole rings is 1. The Morgan fingerprint density at radius 3 is 2.49 bits per heavy atom. The van der Waals surface area contributed by atoms with Crippen LogP contribution in [0.5, 0.6) is 0 Å². The van der Waals surface area contributed by atoms with E-state index in [2.05, 4.69) is 56.6 Å². The highest BCUT2D eigenvalue weighted by Gasteiger charge is 2.52. The standard InChI is InChI=1S/C27H46N4O2S.CO2/c1-17(20(4)19(3)15-26(7,8)21(5)32)11-10-12-27(9)25(33-27)14-24(30-31-28)18(2)13-23-16-34-22(6)29-23;2-1-3/h13,16-17,19-21,24-25,32H,10-12,14-15H2,1-9H3;/b18-13+;. The van der Waals surface area contributed by atoms with E-state index in [1.54, 1.807) is 11.3 Å². The predicted molar refractivity (Wildman–Crippen MR) is 148 cm³/mol. The first-order chi connectivity index (χ1) is 17.2. The Labute approximate surface area is 226 Å². The Hall–Kier alpha value is -2.02. The molecule has 2 rings (SSSR count). The van der Waals surface area contributed by atoms with Gasteiger partial charge in [0.25, 0.3) is 0 Å². The average Bonchev–Trinajstić information content (AvgIpc) is 3.25. The molecule has 1 aliphatic heterocycles. The van der Waals surface area contributed by atoms with Gasteiger partial charge < -0.3 is 9.84 Å². The van der Waals surface area contributed by atoms with E-state index in [-0.39, 0.29) is 35.4 Å². The van der Waals surface area contributed by atoms with Crippen LogP contribution in [0, 0.1) is 30.1 Å². The number of nitrogens with zero attached hydrogens (tertiary/aromatic N) is 4. The van der Waals surface area contributed by atoms with Crippen LogP contribution in [0.1, 0.15) is 98.2 Å². The number of carbonyl (C=O) groups excluding carboxylic acids is 2. The third-order valence-corrected chi connectivity index (χ3v) is 9.10. The highest BCUT2D eigenvalue weighted by molar-refractivity contribution is 7.09. The molecule has 1 saturated heterocycles. The second kappa shape index (κ2) is 14.8. The highest BCUT2D eigenvalue weighted by Crippen LogP contribution is 2.45. The minimum Gasteiger partial charge on any atom is -0.393 e. The normalized spacial score (nSPS) is 23.4. The molecule has 208 valence electrons. The zero-order chi connectivity index (χ0) is 28.4. The maximum atomic E-state index is 10.1. The molecule has 0 spiro atoms. The number of aliphatic hydroxyl groups is 1. The number of hydrogen-bond donors (Lipinski definition) is 1. The van der Waals surface area contributed by atoms with Crippen molar-refractivity contribution < 1.29 is 19.4 Å². The van der Waals surface area contributed by atoms with E-state index in [0.717, 1.165) is 35.5 Å². The number of aliphatic hydroxyl groups excluding tert-OH is 1. The quantitative estimate of drug-likeness (QED) is 0.115. The molecule has 8 nitrogen and oxygen atoms in total. The van der Waals surface area contributed by atoms with Crippen LogP contribution in [0.3, 0.4) is 0 Å². The minimum absolute atomic E-state index is 0.0523. The number of rotatable bonds is 14. The van der Waals surface area contributed by atoms with Crippen LogP contribution in [-0.4, -0.2) is 40.1 Å². The van der Waals surface area contributed by atoms with Crippen LogP contribution < -0.4 is 0 Å². The summed E-state index contributed by atoms with van der Waals surface area (Å²) in [6.45, 7) is 19.5. The Morgan fingerprint density at radius 2 is 1.97 bits per heavy atom. The molecular formula is C28H46N4O4S. The Morgan fingerprint density at radius 1 is 1.35 bits per heavy atom. The molecular weight excluding hydrogens is 488 g/mol. The van der Waals surface area contributed by atoms with Crippen molar-refractivity contribution in [1.82, 2.24) is 4.98 Å². The van der Waals surface area contributed by atoms with Gasteiger partial charge in [-0.25, -0.2) is 4.98 Å². The van der Waals surface area contributed by atoms with Gasteiger partial charge in [0.15, 0.2) is 0 Å². The monoisotopic (exact) mass is 534 g/mol. The molecule has 1 aromatic rings. The van der Waals surface area contributed by atoms with E-state index in [9.17, 15) is 5.11 Å². The largest absolute Gasteiger partial charge is 0.393 e. The van der Waals surface area contributed by atoms with E-state index >= 15 is 0 Å². The van der Waals surface area contributed by atoms with E-state index in [0.29, 0.717) is 24.2 Å². The van der Waals surface area contributed by atoms with Crippen LogP contribution in [0.2, 0.25) is 0 Å². The van der Waals surface area contributed by atoms with E-state index in [1.807, 2.05) is 32.2 Å². The topological polar surface area (TPSA) is 129 Å². The van der Waals surface area contributed by atoms with Crippen LogP contribution in [-0.2, 0) is 14.3 Å². The van der Waals surface area contributed by atoms with Gasteiger partial charge in [-0.3, -0.25) is 0 Å². The van der Waals surface area contributed by atoms with Crippen LogP contribution in [0.15, 0.2) is 16.1 Å². The first-order valence-electron chi connectivity index (χ1n) is 13.2. The van der Waals surface area contributed by atoms with Crippen molar-refractivity contribution in [1.29, 1.82) is 0 Å². The molecule has 1 N–H and O–H groups in total. The lowest BCUT2D eigenvalue weighted by Gasteiger charge is -2.35. The third-order valence-electron chi connectivity index (χ3n) is 8.31. The molecule has 2 heterocycles. The number of azide groups is 1. The van der Waals surface area contributed by atoms with Gasteiger partial charge in [-0.05, 0) is 81.7 Å². The lowest BCUT2D eigenvalue weighted by molar-refractivity contribution is -0.191. The molecule has 7 unspecified atom stereocenters. The number of ether oxygens (including phenoxy) is 1. The van der Waals surface area contributed by atoms with E-state index in [4.69, 9.17) is 19.9 Å². The SMILES string of the molecule is C/C(=C\c1csc(C)n1)C(CC1OC1(C)CCCC(C)C(C)C(C)CC(C)(C)C(C)O)N=[N+]=[N-].O=C=O. The summed E-state index contributed by atoms with van der Waals surface area (Å²) in [5.41, 5.74) is 10.9. The zero-order valence-corrected chi connectivity index (χ0v) is 24.8. The summed E-state index contributed by atoms with van der Waals surface area (Å²) >= 11 is 1.62. The highest BCUT2D eigenvalue weighted by atomic mass is 32.1. The van der Waals surface area contributed by atoms with Gasteiger partial charge in [-0.1, -0.05) is 58.1 Å². The minimum atomic E-state index is -0.292. The molecule has 9 heteroatoms. The van der Waals surface area contributed by atoms with Crippen molar-refractivity contribution in [2.24, 2.45) is 28.3 Å². The molecule has 0 saturated carbocycles. The molecule has 1 aliphatic rings.